The van der Waals surface area contributed by atoms with E-state index in [1.165, 1.54) is 23.5 Å². The summed E-state index contributed by atoms with van der Waals surface area (Å²) in [5.74, 6) is 2.37. The molecule has 0 bridgehead atoms. The third kappa shape index (κ3) is 3.89. The van der Waals surface area contributed by atoms with E-state index < -0.39 is 0 Å². The van der Waals surface area contributed by atoms with Gasteiger partial charge in [-0.05, 0) is 63.7 Å². The first-order valence-electron chi connectivity index (χ1n) is 7.13. The fraction of sp³-hybridized carbons (Fsp3) is 0.235. The van der Waals surface area contributed by atoms with Crippen molar-refractivity contribution in [3.05, 3.63) is 64.1 Å². The van der Waals surface area contributed by atoms with Crippen LogP contribution < -0.4 is 5.32 Å². The molecule has 1 fully saturated rings. The normalized spacial score (nSPS) is 15.5. The number of para-hydroxylation sites is 1. The van der Waals surface area contributed by atoms with E-state index in [9.17, 15) is 4.79 Å². The van der Waals surface area contributed by atoms with Gasteiger partial charge in [-0.25, -0.2) is 0 Å². The lowest BCUT2D eigenvalue weighted by molar-refractivity contribution is 0.102. The summed E-state index contributed by atoms with van der Waals surface area (Å²) in [6.45, 7) is 0. The quantitative estimate of drug-likeness (QED) is 0.738. The highest BCUT2D eigenvalue weighted by molar-refractivity contribution is 9.10. The van der Waals surface area contributed by atoms with E-state index in [2.05, 4.69) is 33.4 Å². The van der Waals surface area contributed by atoms with Gasteiger partial charge in [0, 0.05) is 10.0 Å². The zero-order valence-electron chi connectivity index (χ0n) is 11.9. The van der Waals surface area contributed by atoms with Crippen LogP contribution in [0.15, 0.2) is 53.0 Å². The number of thioether (sulfide) groups is 2. The summed E-state index contributed by atoms with van der Waals surface area (Å²) in [6, 6.07) is 15.6. The highest BCUT2D eigenvalue weighted by Gasteiger charge is 2.17. The molecule has 1 aliphatic heterocycles. The second-order valence-electron chi connectivity index (χ2n) is 4.98. The first kappa shape index (κ1) is 16.0. The van der Waals surface area contributed by atoms with E-state index in [0.717, 1.165) is 10.2 Å². The van der Waals surface area contributed by atoms with E-state index >= 15 is 0 Å². The van der Waals surface area contributed by atoms with Gasteiger partial charge in [-0.2, -0.15) is 0 Å². The lowest BCUT2D eigenvalue weighted by Crippen LogP contribution is -2.12. The number of carbonyl (C=O) groups is 1. The van der Waals surface area contributed by atoms with Crippen molar-refractivity contribution in [1.82, 2.24) is 0 Å². The molecule has 1 saturated heterocycles. The molecule has 5 heteroatoms. The van der Waals surface area contributed by atoms with Gasteiger partial charge in [0.2, 0.25) is 0 Å². The first-order valence-corrected chi connectivity index (χ1v) is 10.0. The number of halogens is 1. The molecule has 1 aliphatic rings. The molecular weight excluding hydrogens is 378 g/mol. The van der Waals surface area contributed by atoms with E-state index in [1.54, 1.807) is 0 Å². The molecule has 114 valence electrons. The largest absolute Gasteiger partial charge is 0.321 e. The Morgan fingerprint density at radius 1 is 1.05 bits per heavy atom. The van der Waals surface area contributed by atoms with Crippen LogP contribution in [0.3, 0.4) is 0 Å². The molecule has 0 spiro atoms. The van der Waals surface area contributed by atoms with Crippen molar-refractivity contribution in [2.75, 3.05) is 16.8 Å². The molecule has 0 unspecified atom stereocenters. The van der Waals surface area contributed by atoms with Crippen molar-refractivity contribution in [2.24, 2.45) is 0 Å². The number of hydrogen-bond acceptors (Lipinski definition) is 3. The second-order valence-corrected chi connectivity index (χ2v) is 8.56. The average Bonchev–Trinajstić information content (AvgIpc) is 2.58. The van der Waals surface area contributed by atoms with E-state index in [0.29, 0.717) is 10.1 Å². The second kappa shape index (κ2) is 7.57. The Bertz CT molecular complexity index is 654. The predicted molar refractivity (Wildman–Crippen MR) is 101 cm³/mol. The van der Waals surface area contributed by atoms with Gasteiger partial charge < -0.3 is 5.32 Å². The SMILES string of the molecule is O=C(Nc1ccccc1Br)c1ccc(C2SCCCS2)cc1. The molecule has 2 nitrogen and oxygen atoms in total. The van der Waals surface area contributed by atoms with Crippen molar-refractivity contribution >= 4 is 51.0 Å². The molecule has 1 heterocycles. The smallest absolute Gasteiger partial charge is 0.255 e. The van der Waals surface area contributed by atoms with E-state index in [4.69, 9.17) is 0 Å². The minimum absolute atomic E-state index is 0.0811. The number of amides is 1. The maximum Gasteiger partial charge on any atom is 0.255 e. The van der Waals surface area contributed by atoms with Crippen LogP contribution in [0.4, 0.5) is 5.69 Å². The molecule has 2 aromatic carbocycles. The lowest BCUT2D eigenvalue weighted by Gasteiger charge is -2.21. The number of carbonyl (C=O) groups excluding carboxylic acids is 1. The van der Waals surface area contributed by atoms with Crippen LogP contribution in [0.2, 0.25) is 0 Å². The summed E-state index contributed by atoms with van der Waals surface area (Å²) in [6.07, 6.45) is 1.29. The predicted octanol–water partition coefficient (Wildman–Crippen LogP) is 5.57. The molecule has 2 aromatic rings. The van der Waals surface area contributed by atoms with Gasteiger partial charge in [-0.3, -0.25) is 4.79 Å². The van der Waals surface area contributed by atoms with E-state index in [1.807, 2.05) is 59.9 Å². The molecule has 1 N–H and O–H groups in total. The molecule has 0 aromatic heterocycles. The summed E-state index contributed by atoms with van der Waals surface area (Å²) >= 11 is 7.42. The minimum Gasteiger partial charge on any atom is -0.321 e. The standard InChI is InChI=1S/C17H16BrNOS2/c18-14-4-1-2-5-15(14)19-16(20)12-6-8-13(9-7-12)17-21-10-3-11-22-17/h1-2,4-9,17H,3,10-11H2,(H,19,20). The zero-order valence-corrected chi connectivity index (χ0v) is 15.1. The van der Waals surface area contributed by atoms with Crippen molar-refractivity contribution in [2.45, 2.75) is 11.0 Å². The van der Waals surface area contributed by atoms with Crippen LogP contribution >= 0.6 is 39.5 Å². The van der Waals surface area contributed by atoms with Gasteiger partial charge in [0.05, 0.1) is 10.3 Å². The topological polar surface area (TPSA) is 29.1 Å². The zero-order chi connectivity index (χ0) is 15.4. The van der Waals surface area contributed by atoms with Gasteiger partial charge in [-0.1, -0.05) is 24.3 Å². The molecule has 0 saturated carbocycles. The molecular formula is C17H16BrNOS2. The number of benzene rings is 2. The summed E-state index contributed by atoms with van der Waals surface area (Å²) in [5, 5.41) is 2.93. The first-order chi connectivity index (χ1) is 10.7. The van der Waals surface area contributed by atoms with Crippen LogP contribution in [-0.4, -0.2) is 17.4 Å². The molecule has 3 rings (SSSR count). The van der Waals surface area contributed by atoms with Gasteiger partial charge in [0.15, 0.2) is 0 Å². The molecule has 1 amide bonds. The number of anilines is 1. The van der Waals surface area contributed by atoms with Crippen molar-refractivity contribution in [3.63, 3.8) is 0 Å². The van der Waals surface area contributed by atoms with Crippen LogP contribution in [0.5, 0.6) is 0 Å². The Kier molecular flexibility index (Phi) is 5.50. The minimum atomic E-state index is -0.0811. The fourth-order valence-electron chi connectivity index (χ4n) is 2.23. The van der Waals surface area contributed by atoms with Gasteiger partial charge in [-0.15, -0.1) is 23.5 Å². The Balaban J connectivity index is 1.69. The Hall–Kier alpha value is -0.910. The monoisotopic (exact) mass is 393 g/mol. The van der Waals surface area contributed by atoms with Crippen molar-refractivity contribution < 1.29 is 4.79 Å². The molecule has 0 aliphatic carbocycles. The van der Waals surface area contributed by atoms with Gasteiger partial charge in [0.25, 0.3) is 5.91 Å². The Morgan fingerprint density at radius 3 is 2.41 bits per heavy atom. The van der Waals surface area contributed by atoms with E-state index in [-0.39, 0.29) is 5.91 Å². The summed E-state index contributed by atoms with van der Waals surface area (Å²) in [4.78, 5) is 12.3. The van der Waals surface area contributed by atoms with Crippen molar-refractivity contribution in [1.29, 1.82) is 0 Å². The highest BCUT2D eigenvalue weighted by atomic mass is 79.9. The number of hydrogen-bond donors (Lipinski definition) is 1. The summed E-state index contributed by atoms with van der Waals surface area (Å²) in [5.41, 5.74) is 2.77. The number of nitrogens with one attached hydrogen (secondary N) is 1. The number of rotatable bonds is 3. The maximum atomic E-state index is 12.3. The Labute approximate surface area is 147 Å². The Morgan fingerprint density at radius 2 is 1.73 bits per heavy atom. The molecule has 22 heavy (non-hydrogen) atoms. The molecule has 0 radical (unpaired) electrons. The van der Waals surface area contributed by atoms with Crippen LogP contribution in [0.25, 0.3) is 0 Å². The maximum absolute atomic E-state index is 12.3. The average molecular weight is 394 g/mol. The van der Waals surface area contributed by atoms with Crippen LogP contribution in [0.1, 0.15) is 26.9 Å². The van der Waals surface area contributed by atoms with Crippen molar-refractivity contribution in [3.8, 4) is 0 Å². The third-order valence-electron chi connectivity index (χ3n) is 3.39. The molecule has 0 atom stereocenters. The lowest BCUT2D eigenvalue weighted by atomic mass is 10.1. The van der Waals surface area contributed by atoms with Gasteiger partial charge >= 0.3 is 0 Å². The summed E-state index contributed by atoms with van der Waals surface area (Å²) < 4.78 is 1.39. The third-order valence-corrected chi connectivity index (χ3v) is 7.10. The van der Waals surface area contributed by atoms with Crippen LogP contribution in [-0.2, 0) is 0 Å². The fourth-order valence-corrected chi connectivity index (χ4v) is 5.51. The summed E-state index contributed by atoms with van der Waals surface area (Å²) in [7, 11) is 0. The van der Waals surface area contributed by atoms with Gasteiger partial charge in [0.1, 0.15) is 0 Å². The highest BCUT2D eigenvalue weighted by Crippen LogP contribution is 2.43. The van der Waals surface area contributed by atoms with Crippen LogP contribution in [0, 0.1) is 0 Å².